The first kappa shape index (κ1) is 19.0. The second-order valence-electron chi connectivity index (χ2n) is 7.97. The molecule has 6 heteroatoms. The fraction of sp³-hybridized carbons (Fsp3) is 0.429. The molecule has 0 radical (unpaired) electrons. The van der Waals surface area contributed by atoms with Crippen LogP contribution < -0.4 is 20.4 Å². The van der Waals surface area contributed by atoms with Crippen LogP contribution in [-0.2, 0) is 17.8 Å². The van der Waals surface area contributed by atoms with Gasteiger partial charge in [-0.3, -0.25) is 9.59 Å². The highest BCUT2D eigenvalue weighted by atomic mass is 16.5. The molecular weight excluding hydrogens is 344 g/mol. The van der Waals surface area contributed by atoms with Gasteiger partial charge in [-0.2, -0.15) is 0 Å². The molecule has 1 N–H and O–H groups in total. The van der Waals surface area contributed by atoms with Gasteiger partial charge >= 0.3 is 0 Å². The minimum absolute atomic E-state index is 0.0395. The molecule has 3 rings (SSSR count). The zero-order valence-electron chi connectivity index (χ0n) is 16.2. The van der Waals surface area contributed by atoms with Gasteiger partial charge in [0, 0.05) is 23.3 Å². The smallest absolute Gasteiger partial charge is 0.258 e. The summed E-state index contributed by atoms with van der Waals surface area (Å²) in [5, 5.41) is 2.78. The lowest BCUT2D eigenvalue weighted by Crippen LogP contribution is -2.43. The number of benzene rings is 1. The number of nitrogens with one attached hydrogen (secondary N) is 1. The summed E-state index contributed by atoms with van der Waals surface area (Å²) in [5.74, 6) is 0.321. The molecule has 1 aromatic heterocycles. The topological polar surface area (TPSA) is 71.8 Å². The van der Waals surface area contributed by atoms with E-state index in [9.17, 15) is 9.59 Å². The van der Waals surface area contributed by atoms with E-state index < -0.39 is 0 Å². The van der Waals surface area contributed by atoms with E-state index in [1.165, 1.54) is 23.6 Å². The molecule has 27 heavy (non-hydrogen) atoms. The van der Waals surface area contributed by atoms with Crippen molar-refractivity contribution in [2.45, 2.75) is 52.2 Å². The van der Waals surface area contributed by atoms with Crippen molar-refractivity contribution >= 4 is 11.6 Å². The molecule has 1 atom stereocenters. The highest BCUT2D eigenvalue weighted by Gasteiger charge is 2.26. The number of fused-ring (bicyclic) bond motifs is 1. The van der Waals surface area contributed by atoms with E-state index in [1.807, 2.05) is 32.9 Å². The molecule has 0 saturated carbocycles. The standard InChI is InChI=1S/C21H26N2O4/c1-14-9-15-7-5-6-8-17(15)23(14)11-16-10-18(24)19(12-26-16)27-13-20(25)22-21(2,3)4/h5-8,10,12,14H,9,11,13H2,1-4H3,(H,22,25). The van der Waals surface area contributed by atoms with Crippen molar-refractivity contribution < 1.29 is 13.9 Å². The zero-order chi connectivity index (χ0) is 19.6. The summed E-state index contributed by atoms with van der Waals surface area (Å²) in [6, 6.07) is 10.0. The van der Waals surface area contributed by atoms with Crippen molar-refractivity contribution in [3.63, 3.8) is 0 Å². The van der Waals surface area contributed by atoms with Gasteiger partial charge in [-0.25, -0.2) is 0 Å². The molecule has 1 unspecified atom stereocenters. The van der Waals surface area contributed by atoms with Crippen LogP contribution in [0.5, 0.6) is 5.75 Å². The van der Waals surface area contributed by atoms with Crippen LogP contribution in [0.1, 0.15) is 39.0 Å². The predicted octanol–water partition coefficient (Wildman–Crippen LogP) is 2.88. The lowest BCUT2D eigenvalue weighted by atomic mass is 10.1. The number of rotatable bonds is 5. The van der Waals surface area contributed by atoms with Crippen LogP contribution >= 0.6 is 0 Å². The molecule has 1 amide bonds. The number of hydrogen-bond acceptors (Lipinski definition) is 5. The van der Waals surface area contributed by atoms with Crippen LogP contribution in [0.4, 0.5) is 5.69 Å². The van der Waals surface area contributed by atoms with Gasteiger partial charge in [0.1, 0.15) is 12.0 Å². The fourth-order valence-electron chi connectivity index (χ4n) is 3.26. The summed E-state index contributed by atoms with van der Waals surface area (Å²) in [4.78, 5) is 26.3. The average Bonchev–Trinajstić information content (AvgIpc) is 2.88. The van der Waals surface area contributed by atoms with Crippen LogP contribution in [0.3, 0.4) is 0 Å². The first-order valence-corrected chi connectivity index (χ1v) is 9.13. The maximum atomic E-state index is 12.3. The lowest BCUT2D eigenvalue weighted by Gasteiger charge is -2.24. The summed E-state index contributed by atoms with van der Waals surface area (Å²) in [5.41, 5.74) is 1.83. The Kier molecular flexibility index (Phi) is 5.26. The molecule has 2 heterocycles. The Bertz CT molecular complexity index is 882. The van der Waals surface area contributed by atoms with Gasteiger partial charge in [0.15, 0.2) is 6.61 Å². The van der Waals surface area contributed by atoms with E-state index in [4.69, 9.17) is 9.15 Å². The van der Waals surface area contributed by atoms with Gasteiger partial charge < -0.3 is 19.4 Å². The molecule has 1 aromatic carbocycles. The number of nitrogens with zero attached hydrogens (tertiary/aromatic N) is 1. The van der Waals surface area contributed by atoms with Crippen molar-refractivity contribution in [2.24, 2.45) is 0 Å². The van der Waals surface area contributed by atoms with E-state index in [2.05, 4.69) is 29.3 Å². The van der Waals surface area contributed by atoms with Gasteiger partial charge in [-0.15, -0.1) is 0 Å². The Morgan fingerprint density at radius 2 is 2.07 bits per heavy atom. The largest absolute Gasteiger partial charge is 0.477 e. The van der Waals surface area contributed by atoms with Crippen molar-refractivity contribution in [3.8, 4) is 5.75 Å². The van der Waals surface area contributed by atoms with Crippen LogP contribution in [0.25, 0.3) is 0 Å². The summed E-state index contributed by atoms with van der Waals surface area (Å²) in [6.45, 7) is 8.09. The maximum Gasteiger partial charge on any atom is 0.258 e. The Balaban J connectivity index is 1.65. The Labute approximate surface area is 159 Å². The highest BCUT2D eigenvalue weighted by molar-refractivity contribution is 5.78. The Hall–Kier alpha value is -2.76. The van der Waals surface area contributed by atoms with Crippen LogP contribution in [-0.4, -0.2) is 24.1 Å². The highest BCUT2D eigenvalue weighted by Crippen LogP contribution is 2.32. The van der Waals surface area contributed by atoms with E-state index in [1.54, 1.807) is 0 Å². The predicted molar refractivity (Wildman–Crippen MR) is 104 cm³/mol. The minimum Gasteiger partial charge on any atom is -0.477 e. The maximum absolute atomic E-state index is 12.3. The van der Waals surface area contributed by atoms with Crippen LogP contribution in [0, 0.1) is 0 Å². The van der Waals surface area contributed by atoms with Gasteiger partial charge in [-0.1, -0.05) is 18.2 Å². The monoisotopic (exact) mass is 370 g/mol. The van der Waals surface area contributed by atoms with E-state index in [-0.39, 0.29) is 29.2 Å². The zero-order valence-corrected chi connectivity index (χ0v) is 16.2. The van der Waals surface area contributed by atoms with Crippen molar-refractivity contribution in [3.05, 3.63) is 58.1 Å². The summed E-state index contributed by atoms with van der Waals surface area (Å²) >= 11 is 0. The van der Waals surface area contributed by atoms with E-state index in [0.29, 0.717) is 18.3 Å². The number of carbonyl (C=O) groups is 1. The number of hydrogen-bond donors (Lipinski definition) is 1. The summed E-state index contributed by atoms with van der Waals surface area (Å²) in [6.07, 6.45) is 2.26. The molecule has 2 aromatic rings. The SMILES string of the molecule is CC1Cc2ccccc2N1Cc1cc(=O)c(OCC(=O)NC(C)(C)C)co1. The van der Waals surface area contributed by atoms with Gasteiger partial charge in [0.05, 0.1) is 6.54 Å². The number of para-hydroxylation sites is 1. The molecule has 1 aliphatic heterocycles. The number of carbonyl (C=O) groups excluding carboxylic acids is 1. The van der Waals surface area contributed by atoms with E-state index in [0.717, 1.165) is 6.42 Å². The molecule has 0 bridgehead atoms. The molecule has 0 saturated heterocycles. The quantitative estimate of drug-likeness (QED) is 0.876. The Morgan fingerprint density at radius 1 is 1.33 bits per heavy atom. The van der Waals surface area contributed by atoms with Gasteiger partial charge in [0.25, 0.3) is 5.91 Å². The van der Waals surface area contributed by atoms with Gasteiger partial charge in [0.2, 0.25) is 11.2 Å². The molecule has 0 aliphatic carbocycles. The summed E-state index contributed by atoms with van der Waals surface area (Å²) in [7, 11) is 0. The van der Waals surface area contributed by atoms with Crippen molar-refractivity contribution in [1.82, 2.24) is 5.32 Å². The third-order valence-electron chi connectivity index (χ3n) is 4.40. The third-order valence-corrected chi connectivity index (χ3v) is 4.40. The molecular formula is C21H26N2O4. The van der Waals surface area contributed by atoms with E-state index >= 15 is 0 Å². The molecule has 6 nitrogen and oxygen atoms in total. The number of amides is 1. The second-order valence-corrected chi connectivity index (χ2v) is 7.97. The van der Waals surface area contributed by atoms with Crippen LogP contribution in [0.15, 0.2) is 45.8 Å². The first-order chi connectivity index (χ1) is 12.7. The van der Waals surface area contributed by atoms with Crippen LogP contribution in [0.2, 0.25) is 0 Å². The third kappa shape index (κ3) is 4.70. The Morgan fingerprint density at radius 3 is 2.78 bits per heavy atom. The minimum atomic E-state index is -0.350. The number of anilines is 1. The summed E-state index contributed by atoms with van der Waals surface area (Å²) < 4.78 is 10.9. The fourth-order valence-corrected chi connectivity index (χ4v) is 3.26. The van der Waals surface area contributed by atoms with Gasteiger partial charge in [-0.05, 0) is 45.7 Å². The lowest BCUT2D eigenvalue weighted by molar-refractivity contribution is -0.124. The number of ether oxygens (including phenoxy) is 1. The molecule has 144 valence electrons. The average molecular weight is 370 g/mol. The molecule has 0 fully saturated rings. The molecule has 0 spiro atoms. The normalized spacial score (nSPS) is 16.1. The molecule has 1 aliphatic rings. The second kappa shape index (κ2) is 7.47. The first-order valence-electron chi connectivity index (χ1n) is 9.13. The van der Waals surface area contributed by atoms with Crippen molar-refractivity contribution in [1.29, 1.82) is 0 Å². The van der Waals surface area contributed by atoms with Crippen molar-refractivity contribution in [2.75, 3.05) is 11.5 Å².